The predicted molar refractivity (Wildman–Crippen MR) is 78.5 cm³/mol. The molecule has 0 aliphatic carbocycles. The molecule has 1 aromatic carbocycles. The zero-order valence-electron chi connectivity index (χ0n) is 11.0. The van der Waals surface area contributed by atoms with Gasteiger partial charge in [0.2, 0.25) is 5.91 Å². The Morgan fingerprint density at radius 2 is 2.21 bits per heavy atom. The largest absolute Gasteiger partial charge is 0.341 e. The molecule has 1 aliphatic heterocycles. The maximum atomic E-state index is 12.3. The number of nitrogens with one attached hydrogen (secondary N) is 1. The number of carbonyl (C=O) groups is 1. The van der Waals surface area contributed by atoms with Gasteiger partial charge >= 0.3 is 0 Å². The van der Waals surface area contributed by atoms with Crippen molar-refractivity contribution in [1.82, 2.24) is 10.2 Å². The molecule has 1 heterocycles. The van der Waals surface area contributed by atoms with E-state index in [1.807, 2.05) is 19.2 Å². The lowest BCUT2D eigenvalue weighted by atomic mass is 9.98. The van der Waals surface area contributed by atoms with Gasteiger partial charge in [0.15, 0.2) is 0 Å². The van der Waals surface area contributed by atoms with Crippen molar-refractivity contribution in [3.63, 3.8) is 0 Å². The van der Waals surface area contributed by atoms with Crippen LogP contribution >= 0.6 is 23.2 Å². The van der Waals surface area contributed by atoms with Crippen molar-refractivity contribution in [3.8, 4) is 0 Å². The molecule has 1 fully saturated rings. The second kappa shape index (κ2) is 6.60. The number of amides is 1. The van der Waals surface area contributed by atoms with E-state index in [1.165, 1.54) is 0 Å². The summed E-state index contributed by atoms with van der Waals surface area (Å²) < 4.78 is 0. The van der Waals surface area contributed by atoms with E-state index < -0.39 is 0 Å². The molecular weight excluding hydrogens is 283 g/mol. The topological polar surface area (TPSA) is 32.3 Å². The number of carbonyl (C=O) groups excluding carboxylic acids is 1. The minimum atomic E-state index is 0.0986. The average Bonchev–Trinajstić information content (AvgIpc) is 2.43. The zero-order chi connectivity index (χ0) is 13.8. The van der Waals surface area contributed by atoms with E-state index in [9.17, 15) is 4.79 Å². The minimum absolute atomic E-state index is 0.0986. The van der Waals surface area contributed by atoms with Gasteiger partial charge in [-0.15, -0.1) is 0 Å². The van der Waals surface area contributed by atoms with Crippen molar-refractivity contribution < 1.29 is 4.79 Å². The summed E-state index contributed by atoms with van der Waals surface area (Å²) in [7, 11) is 1.83. The Bertz CT molecular complexity index is 459. The molecule has 104 valence electrons. The summed E-state index contributed by atoms with van der Waals surface area (Å²) in [6, 6.07) is 5.48. The van der Waals surface area contributed by atoms with Crippen LogP contribution in [0.5, 0.6) is 0 Å². The highest BCUT2D eigenvalue weighted by Crippen LogP contribution is 2.23. The lowest BCUT2D eigenvalue weighted by molar-refractivity contribution is -0.135. The van der Waals surface area contributed by atoms with Gasteiger partial charge in [-0.05, 0) is 37.1 Å². The molecule has 0 saturated carbocycles. The molecule has 19 heavy (non-hydrogen) atoms. The quantitative estimate of drug-likeness (QED) is 0.931. The Kier molecular flexibility index (Phi) is 5.08. The van der Waals surface area contributed by atoms with Crippen LogP contribution < -0.4 is 5.32 Å². The van der Waals surface area contributed by atoms with Gasteiger partial charge in [-0.25, -0.2) is 0 Å². The van der Waals surface area contributed by atoms with E-state index in [0.717, 1.165) is 31.5 Å². The van der Waals surface area contributed by atoms with E-state index in [4.69, 9.17) is 23.2 Å². The molecule has 0 bridgehead atoms. The Morgan fingerprint density at radius 1 is 1.42 bits per heavy atom. The molecule has 0 unspecified atom stereocenters. The Morgan fingerprint density at radius 3 is 2.84 bits per heavy atom. The first-order valence-electron chi connectivity index (χ1n) is 6.47. The summed E-state index contributed by atoms with van der Waals surface area (Å²) >= 11 is 11.9. The minimum Gasteiger partial charge on any atom is -0.341 e. The molecule has 5 heteroatoms. The van der Waals surface area contributed by atoms with Gasteiger partial charge in [-0.1, -0.05) is 29.3 Å². The predicted octanol–water partition coefficient (Wildman–Crippen LogP) is 2.95. The highest BCUT2D eigenvalue weighted by molar-refractivity contribution is 6.42. The fraction of sp³-hybridized carbons (Fsp3) is 0.500. The summed E-state index contributed by atoms with van der Waals surface area (Å²) in [5, 5.41) is 4.33. The summed E-state index contributed by atoms with van der Waals surface area (Å²) in [6.07, 6.45) is 2.04. The van der Waals surface area contributed by atoms with Crippen LogP contribution in [0.1, 0.15) is 18.4 Å². The van der Waals surface area contributed by atoms with Crippen molar-refractivity contribution in [2.24, 2.45) is 5.92 Å². The van der Waals surface area contributed by atoms with E-state index in [1.54, 1.807) is 11.0 Å². The van der Waals surface area contributed by atoms with Gasteiger partial charge in [0.05, 0.1) is 16.0 Å². The third-order valence-corrected chi connectivity index (χ3v) is 4.17. The highest BCUT2D eigenvalue weighted by Gasteiger charge is 2.23. The number of piperidine rings is 1. The summed E-state index contributed by atoms with van der Waals surface area (Å²) in [5.74, 6) is 0.291. The van der Waals surface area contributed by atoms with E-state index in [-0.39, 0.29) is 11.8 Å². The van der Waals surface area contributed by atoms with Gasteiger partial charge in [0.25, 0.3) is 0 Å². The van der Waals surface area contributed by atoms with Crippen LogP contribution in [0.2, 0.25) is 10.0 Å². The number of nitrogens with zero attached hydrogens (tertiary/aromatic N) is 1. The molecular formula is C14H18Cl2N2O. The molecule has 1 atom stereocenters. The Balaban J connectivity index is 1.97. The molecule has 1 amide bonds. The summed E-state index contributed by atoms with van der Waals surface area (Å²) in [5.41, 5.74) is 0.994. The lowest BCUT2D eigenvalue weighted by Gasteiger charge is -2.27. The number of halogens is 2. The van der Waals surface area contributed by atoms with Crippen LogP contribution in [0.15, 0.2) is 18.2 Å². The van der Waals surface area contributed by atoms with Crippen LogP contribution in [-0.4, -0.2) is 30.9 Å². The first-order valence-corrected chi connectivity index (χ1v) is 7.23. The van der Waals surface area contributed by atoms with Crippen molar-refractivity contribution in [1.29, 1.82) is 0 Å². The van der Waals surface area contributed by atoms with Crippen molar-refractivity contribution >= 4 is 29.1 Å². The molecule has 3 nitrogen and oxygen atoms in total. The number of benzene rings is 1. The molecule has 0 aromatic heterocycles. The van der Waals surface area contributed by atoms with Gasteiger partial charge in [-0.3, -0.25) is 4.79 Å². The maximum absolute atomic E-state index is 12.3. The lowest BCUT2D eigenvalue weighted by Crippen LogP contribution is -2.41. The zero-order valence-corrected chi connectivity index (χ0v) is 12.5. The highest BCUT2D eigenvalue weighted by atomic mass is 35.5. The smallest absolute Gasteiger partial charge is 0.227 e. The van der Waals surface area contributed by atoms with Crippen LogP contribution in [-0.2, 0) is 11.3 Å². The van der Waals surface area contributed by atoms with E-state index in [0.29, 0.717) is 16.6 Å². The average molecular weight is 301 g/mol. The molecule has 1 N–H and O–H groups in total. The van der Waals surface area contributed by atoms with Gasteiger partial charge in [0.1, 0.15) is 0 Å². The second-order valence-corrected chi connectivity index (χ2v) is 5.80. The molecule has 1 aliphatic rings. The van der Waals surface area contributed by atoms with Gasteiger partial charge in [-0.2, -0.15) is 0 Å². The van der Waals surface area contributed by atoms with Gasteiger partial charge < -0.3 is 10.2 Å². The summed E-state index contributed by atoms with van der Waals surface area (Å²) in [4.78, 5) is 14.0. The fourth-order valence-corrected chi connectivity index (χ4v) is 2.68. The summed E-state index contributed by atoms with van der Waals surface area (Å²) in [6.45, 7) is 2.36. The van der Waals surface area contributed by atoms with Crippen molar-refractivity contribution in [3.05, 3.63) is 33.8 Å². The van der Waals surface area contributed by atoms with Crippen molar-refractivity contribution in [2.75, 3.05) is 20.1 Å². The number of hydrogen-bond acceptors (Lipinski definition) is 2. The van der Waals surface area contributed by atoms with Crippen LogP contribution in [0.4, 0.5) is 0 Å². The SMILES string of the molecule is CN(Cc1ccc(Cl)c(Cl)c1)C(=O)[C@@H]1CCCNC1. The second-order valence-electron chi connectivity index (χ2n) is 4.99. The third-order valence-electron chi connectivity index (χ3n) is 3.43. The van der Waals surface area contributed by atoms with Crippen molar-refractivity contribution in [2.45, 2.75) is 19.4 Å². The first kappa shape index (κ1) is 14.6. The Hall–Kier alpha value is -0.770. The number of hydrogen-bond donors (Lipinski definition) is 1. The van der Waals surface area contributed by atoms with E-state index >= 15 is 0 Å². The normalized spacial score (nSPS) is 19.2. The fourth-order valence-electron chi connectivity index (χ4n) is 2.36. The number of rotatable bonds is 3. The molecule has 0 spiro atoms. The van der Waals surface area contributed by atoms with Crippen LogP contribution in [0.3, 0.4) is 0 Å². The standard InChI is InChI=1S/C14H18Cl2N2O/c1-18(14(19)11-3-2-6-17-8-11)9-10-4-5-12(15)13(16)7-10/h4-5,7,11,17H,2-3,6,8-9H2,1H3/t11-/m1/s1. The third kappa shape index (κ3) is 3.85. The maximum Gasteiger partial charge on any atom is 0.227 e. The van der Waals surface area contributed by atoms with Crippen LogP contribution in [0, 0.1) is 5.92 Å². The monoisotopic (exact) mass is 300 g/mol. The molecule has 2 rings (SSSR count). The first-order chi connectivity index (χ1) is 9.08. The molecule has 1 aromatic rings. The molecule has 0 radical (unpaired) electrons. The Labute approximate surface area is 123 Å². The van der Waals surface area contributed by atoms with Crippen LogP contribution in [0.25, 0.3) is 0 Å². The molecule has 1 saturated heterocycles. The van der Waals surface area contributed by atoms with Gasteiger partial charge in [0, 0.05) is 20.1 Å². The van der Waals surface area contributed by atoms with E-state index in [2.05, 4.69) is 5.32 Å².